The summed E-state index contributed by atoms with van der Waals surface area (Å²) in [5.74, 6) is 1.12. The molecule has 1 fully saturated rings. The number of fused-ring (bicyclic) bond motifs is 2. The molecule has 0 saturated heterocycles. The van der Waals surface area contributed by atoms with E-state index in [4.69, 9.17) is 5.32 Å². The van der Waals surface area contributed by atoms with E-state index in [0.717, 1.165) is 0 Å². The van der Waals surface area contributed by atoms with E-state index in [0.29, 0.717) is 17.9 Å². The molecule has 0 amide bonds. The van der Waals surface area contributed by atoms with Gasteiger partial charge in [0.05, 0.1) is 0 Å². The van der Waals surface area contributed by atoms with Gasteiger partial charge in [-0.3, -0.25) is 0 Å². The third-order valence-corrected chi connectivity index (χ3v) is 6.90. The van der Waals surface area contributed by atoms with Crippen molar-refractivity contribution in [2.45, 2.75) is 51.0 Å². The standard InChI is InChI=1S/C21H27N2/c1-6-21(4)11-10-15-18(19(21)22-5)13-12-23-16-9-7-8-14(17(13)16)20(15,2)3/h6-9,12,15,18-19,23H,1,10-11H2,2-5H3/q-1. The minimum atomic E-state index is 0.0991. The lowest BCUT2D eigenvalue weighted by Crippen LogP contribution is -2.49. The predicted octanol–water partition coefficient (Wildman–Crippen LogP) is 5.52. The number of aromatic nitrogens is 1. The first-order valence-electron chi connectivity index (χ1n) is 8.77. The third-order valence-electron chi connectivity index (χ3n) is 6.90. The summed E-state index contributed by atoms with van der Waals surface area (Å²) >= 11 is 0. The second-order valence-corrected chi connectivity index (χ2v) is 8.28. The van der Waals surface area contributed by atoms with Gasteiger partial charge in [-0.25, -0.2) is 0 Å². The second-order valence-electron chi connectivity index (χ2n) is 8.28. The molecule has 1 aromatic heterocycles. The summed E-state index contributed by atoms with van der Waals surface area (Å²) in [5, 5.41) is 6.32. The number of aromatic amines is 1. The smallest absolute Gasteiger partial charge is 0.0459 e. The molecular weight excluding hydrogens is 280 g/mol. The number of benzene rings is 1. The first kappa shape index (κ1) is 15.0. The molecule has 0 radical (unpaired) electrons. The molecular formula is C21H27N2-. The quantitative estimate of drug-likeness (QED) is 0.708. The largest absolute Gasteiger partial charge is 0.661 e. The van der Waals surface area contributed by atoms with E-state index in [9.17, 15) is 0 Å². The summed E-state index contributed by atoms with van der Waals surface area (Å²) in [6, 6.07) is 7.03. The van der Waals surface area contributed by atoms with Gasteiger partial charge in [0.1, 0.15) is 0 Å². The molecule has 0 aliphatic heterocycles. The zero-order chi connectivity index (χ0) is 16.4. The van der Waals surface area contributed by atoms with Gasteiger partial charge in [0.25, 0.3) is 0 Å². The maximum Gasteiger partial charge on any atom is 0.0459 e. The van der Waals surface area contributed by atoms with Gasteiger partial charge in [-0.2, -0.15) is 7.05 Å². The average Bonchev–Trinajstić information content (AvgIpc) is 2.97. The van der Waals surface area contributed by atoms with Gasteiger partial charge in [0.2, 0.25) is 0 Å². The predicted molar refractivity (Wildman–Crippen MR) is 98.2 cm³/mol. The van der Waals surface area contributed by atoms with E-state index in [1.165, 1.54) is 34.9 Å². The van der Waals surface area contributed by atoms with Crippen LogP contribution in [0.2, 0.25) is 0 Å². The van der Waals surface area contributed by atoms with E-state index >= 15 is 0 Å². The molecule has 1 N–H and O–H groups in total. The van der Waals surface area contributed by atoms with Crippen molar-refractivity contribution in [2.24, 2.45) is 11.3 Å². The lowest BCUT2D eigenvalue weighted by Gasteiger charge is -2.60. The Morgan fingerprint density at radius 2 is 2.09 bits per heavy atom. The number of nitrogens with zero attached hydrogens (tertiary/aromatic N) is 1. The molecule has 4 unspecified atom stereocenters. The zero-order valence-electron chi connectivity index (χ0n) is 14.7. The van der Waals surface area contributed by atoms with Gasteiger partial charge in [-0.05, 0) is 52.7 Å². The number of likely N-dealkylation sites (N-methyl/N-ethyl adjacent to an activating group) is 1. The van der Waals surface area contributed by atoms with Crippen molar-refractivity contribution in [3.63, 3.8) is 0 Å². The zero-order valence-corrected chi connectivity index (χ0v) is 14.7. The fourth-order valence-electron chi connectivity index (χ4n) is 5.51. The molecule has 2 aliphatic carbocycles. The third kappa shape index (κ3) is 1.79. The first-order valence-corrected chi connectivity index (χ1v) is 8.77. The van der Waals surface area contributed by atoms with Crippen LogP contribution in [0.15, 0.2) is 37.1 Å². The van der Waals surface area contributed by atoms with Crippen molar-refractivity contribution >= 4 is 10.9 Å². The number of H-pyrrole nitrogens is 1. The maximum atomic E-state index is 4.88. The fourth-order valence-corrected chi connectivity index (χ4v) is 5.51. The molecule has 4 rings (SSSR count). The molecule has 4 atom stereocenters. The Balaban J connectivity index is 2.00. The Bertz CT molecular complexity index is 769. The molecule has 1 saturated carbocycles. The maximum absolute atomic E-state index is 4.88. The van der Waals surface area contributed by atoms with Crippen molar-refractivity contribution in [2.75, 3.05) is 7.05 Å². The fraction of sp³-hybridized carbons (Fsp3) is 0.524. The van der Waals surface area contributed by atoms with Crippen molar-refractivity contribution < 1.29 is 0 Å². The Morgan fingerprint density at radius 1 is 1.30 bits per heavy atom. The van der Waals surface area contributed by atoms with E-state index in [1.807, 2.05) is 7.05 Å². The van der Waals surface area contributed by atoms with E-state index in [2.05, 4.69) is 62.8 Å². The van der Waals surface area contributed by atoms with E-state index in [-0.39, 0.29) is 10.8 Å². The summed E-state index contributed by atoms with van der Waals surface area (Å²) in [7, 11) is 1.99. The summed E-state index contributed by atoms with van der Waals surface area (Å²) in [4.78, 5) is 3.51. The van der Waals surface area contributed by atoms with Crippen LogP contribution in [-0.2, 0) is 5.41 Å². The Hall–Kier alpha value is -1.54. The van der Waals surface area contributed by atoms with Crippen LogP contribution in [0.4, 0.5) is 0 Å². The summed E-state index contributed by atoms with van der Waals surface area (Å²) in [5.41, 5.74) is 4.53. The van der Waals surface area contributed by atoms with Crippen LogP contribution in [0.1, 0.15) is 50.7 Å². The Labute approximate surface area is 139 Å². The van der Waals surface area contributed by atoms with Crippen molar-refractivity contribution in [3.05, 3.63) is 53.5 Å². The highest BCUT2D eigenvalue weighted by atomic mass is 14.9. The number of nitrogens with one attached hydrogen (secondary N) is 1. The summed E-state index contributed by atoms with van der Waals surface area (Å²) in [6.45, 7) is 11.3. The average molecular weight is 307 g/mol. The molecule has 2 aliphatic rings. The van der Waals surface area contributed by atoms with Crippen LogP contribution < -0.4 is 0 Å². The highest BCUT2D eigenvalue weighted by Gasteiger charge is 2.50. The van der Waals surface area contributed by atoms with Crippen LogP contribution in [0.25, 0.3) is 16.2 Å². The molecule has 2 heteroatoms. The summed E-state index contributed by atoms with van der Waals surface area (Å²) < 4.78 is 0. The van der Waals surface area contributed by atoms with Gasteiger partial charge >= 0.3 is 0 Å². The molecule has 1 heterocycles. The van der Waals surface area contributed by atoms with Gasteiger partial charge in [0.15, 0.2) is 0 Å². The minimum Gasteiger partial charge on any atom is -0.661 e. The van der Waals surface area contributed by atoms with Crippen molar-refractivity contribution in [1.82, 2.24) is 4.98 Å². The topological polar surface area (TPSA) is 29.9 Å². The highest BCUT2D eigenvalue weighted by Crippen LogP contribution is 2.60. The van der Waals surface area contributed by atoms with E-state index in [1.54, 1.807) is 0 Å². The van der Waals surface area contributed by atoms with Crippen LogP contribution in [0.3, 0.4) is 0 Å². The van der Waals surface area contributed by atoms with Gasteiger partial charge in [-0.1, -0.05) is 39.0 Å². The monoisotopic (exact) mass is 307 g/mol. The number of hydrogen-bond donors (Lipinski definition) is 1. The Kier molecular flexibility index (Phi) is 3.09. The molecule has 2 aromatic rings. The minimum absolute atomic E-state index is 0.0991. The van der Waals surface area contributed by atoms with Crippen LogP contribution in [0.5, 0.6) is 0 Å². The van der Waals surface area contributed by atoms with Crippen LogP contribution >= 0.6 is 0 Å². The first-order chi connectivity index (χ1) is 10.9. The SMILES string of the molecule is C=CC1(C)CCC2C(c3c[nH]c4cccc(c34)C2(C)C)C1[N-]C. The molecule has 23 heavy (non-hydrogen) atoms. The lowest BCUT2D eigenvalue weighted by molar-refractivity contribution is 0.116. The van der Waals surface area contributed by atoms with Crippen molar-refractivity contribution in [1.29, 1.82) is 0 Å². The number of hydrogen-bond acceptors (Lipinski definition) is 0. The highest BCUT2D eigenvalue weighted by molar-refractivity contribution is 5.89. The molecule has 2 nitrogen and oxygen atoms in total. The molecule has 0 spiro atoms. The molecule has 0 bridgehead atoms. The van der Waals surface area contributed by atoms with Crippen molar-refractivity contribution in [3.8, 4) is 0 Å². The van der Waals surface area contributed by atoms with Crippen LogP contribution in [-0.4, -0.2) is 18.1 Å². The van der Waals surface area contributed by atoms with E-state index < -0.39 is 0 Å². The second kappa shape index (κ2) is 4.73. The van der Waals surface area contributed by atoms with Gasteiger partial charge in [0, 0.05) is 17.1 Å². The van der Waals surface area contributed by atoms with Gasteiger partial charge in [-0.15, -0.1) is 12.6 Å². The summed E-state index contributed by atoms with van der Waals surface area (Å²) in [6.07, 6.45) is 6.82. The van der Waals surface area contributed by atoms with Gasteiger partial charge < -0.3 is 10.3 Å². The van der Waals surface area contributed by atoms with Crippen LogP contribution in [0, 0.1) is 11.3 Å². The Morgan fingerprint density at radius 3 is 2.78 bits per heavy atom. The lowest BCUT2D eigenvalue weighted by atomic mass is 9.51. The molecule has 122 valence electrons. The normalized spacial score (nSPS) is 35.0. The molecule has 1 aromatic carbocycles. The number of rotatable bonds is 2.